The quantitative estimate of drug-likeness (QED) is 0.670. The van der Waals surface area contributed by atoms with Crippen molar-refractivity contribution in [1.82, 2.24) is 15.1 Å². The van der Waals surface area contributed by atoms with Crippen LogP contribution in [0.25, 0.3) is 0 Å². The molecule has 3 heterocycles. The minimum atomic E-state index is -0.945. The van der Waals surface area contributed by atoms with Crippen molar-refractivity contribution in [3.63, 3.8) is 0 Å². The van der Waals surface area contributed by atoms with Crippen molar-refractivity contribution < 1.29 is 19.2 Å². The Morgan fingerprint density at radius 3 is 2.22 bits per heavy atom. The van der Waals surface area contributed by atoms with Gasteiger partial charge in [0.15, 0.2) is 0 Å². The van der Waals surface area contributed by atoms with Crippen LogP contribution in [0.3, 0.4) is 0 Å². The Balaban J connectivity index is 0.000000860. The van der Waals surface area contributed by atoms with Crippen LogP contribution in [0.5, 0.6) is 0 Å². The van der Waals surface area contributed by atoms with Gasteiger partial charge in [0, 0.05) is 45.7 Å². The van der Waals surface area contributed by atoms with Gasteiger partial charge in [-0.1, -0.05) is 33.8 Å². The third-order valence-electron chi connectivity index (χ3n) is 5.60. The van der Waals surface area contributed by atoms with Crippen molar-refractivity contribution in [3.8, 4) is 0 Å². The summed E-state index contributed by atoms with van der Waals surface area (Å²) in [5.41, 5.74) is 7.01. The van der Waals surface area contributed by atoms with Crippen LogP contribution in [-0.2, 0) is 9.59 Å². The lowest BCUT2D eigenvalue weighted by atomic mass is 10.0. The van der Waals surface area contributed by atoms with Gasteiger partial charge >= 0.3 is 0 Å². The first kappa shape index (κ1) is 25.5. The normalized spacial score (nSPS) is 20.7. The van der Waals surface area contributed by atoms with E-state index < -0.39 is 23.8 Å². The fourth-order valence-corrected chi connectivity index (χ4v) is 4.16. The first-order valence-electron chi connectivity index (χ1n) is 11.5. The van der Waals surface area contributed by atoms with Gasteiger partial charge in [0.1, 0.15) is 6.04 Å². The van der Waals surface area contributed by atoms with Crippen LogP contribution in [0.1, 0.15) is 61.3 Å². The third kappa shape index (κ3) is 4.99. The van der Waals surface area contributed by atoms with Gasteiger partial charge in [-0.25, -0.2) is 0 Å². The topological polar surface area (TPSA) is 116 Å². The van der Waals surface area contributed by atoms with Gasteiger partial charge in [0.05, 0.1) is 16.8 Å². The third-order valence-corrected chi connectivity index (χ3v) is 5.60. The fraction of sp³-hybridized carbons (Fsp3) is 0.565. The second-order valence-electron chi connectivity index (χ2n) is 7.26. The highest BCUT2D eigenvalue weighted by Crippen LogP contribution is 2.34. The van der Waals surface area contributed by atoms with E-state index in [9.17, 15) is 19.2 Å². The van der Waals surface area contributed by atoms with E-state index in [2.05, 4.69) is 15.1 Å². The van der Waals surface area contributed by atoms with Gasteiger partial charge in [-0.2, -0.15) is 0 Å². The summed E-state index contributed by atoms with van der Waals surface area (Å²) in [6.45, 7) is 12.6. The number of carbonyl (C=O) groups is 4. The second-order valence-corrected chi connectivity index (χ2v) is 7.26. The first-order valence-corrected chi connectivity index (χ1v) is 11.5. The summed E-state index contributed by atoms with van der Waals surface area (Å²) >= 11 is 0. The van der Waals surface area contributed by atoms with E-state index >= 15 is 0 Å². The van der Waals surface area contributed by atoms with E-state index in [0.29, 0.717) is 17.7 Å². The number of piperazine rings is 1. The molecular formula is C23H35N5O4. The summed E-state index contributed by atoms with van der Waals surface area (Å²) in [5.74, 6) is -1.91. The molecule has 9 heteroatoms. The number of anilines is 1. The standard InChI is InChI=1S/C19H23N5O4.2C2H6/c20-6-7-22-8-10-23(11-9-22)13-3-1-2-12-16(13)19(28)24(18(12)27)14-4-5-15(25)21-17(14)26;2*1-2/h1-3,14H,4-11,20H2,(H,21,25,26);2*1-2H3. The zero-order valence-corrected chi connectivity index (χ0v) is 19.5. The highest BCUT2D eigenvalue weighted by atomic mass is 16.2. The Morgan fingerprint density at radius 2 is 1.62 bits per heavy atom. The second kappa shape index (κ2) is 11.7. The Bertz CT molecular complexity index is 849. The molecule has 0 bridgehead atoms. The maximum Gasteiger partial charge on any atom is 0.264 e. The molecule has 1 unspecified atom stereocenters. The van der Waals surface area contributed by atoms with Crippen LogP contribution in [-0.4, -0.2) is 78.7 Å². The molecule has 0 aliphatic carbocycles. The summed E-state index contributed by atoms with van der Waals surface area (Å²) in [7, 11) is 0. The molecule has 2 saturated heterocycles. The largest absolute Gasteiger partial charge is 0.368 e. The van der Waals surface area contributed by atoms with Crippen LogP contribution in [0.4, 0.5) is 5.69 Å². The molecule has 3 aliphatic heterocycles. The maximum atomic E-state index is 13.2. The molecule has 1 atom stereocenters. The van der Waals surface area contributed by atoms with E-state index in [-0.39, 0.29) is 18.7 Å². The van der Waals surface area contributed by atoms with E-state index in [1.807, 2.05) is 33.8 Å². The molecular weight excluding hydrogens is 410 g/mol. The minimum absolute atomic E-state index is 0.111. The number of hydrogen-bond acceptors (Lipinski definition) is 7. The first-order chi connectivity index (χ1) is 15.5. The van der Waals surface area contributed by atoms with Gasteiger partial charge < -0.3 is 10.6 Å². The summed E-state index contributed by atoms with van der Waals surface area (Å²) in [6.07, 6.45) is 0.267. The molecule has 0 aromatic heterocycles. The number of carbonyl (C=O) groups excluding carboxylic acids is 4. The fourth-order valence-electron chi connectivity index (χ4n) is 4.16. The number of piperidine rings is 1. The van der Waals surface area contributed by atoms with Crippen molar-refractivity contribution in [3.05, 3.63) is 29.3 Å². The lowest BCUT2D eigenvalue weighted by molar-refractivity contribution is -0.136. The van der Waals surface area contributed by atoms with Gasteiger partial charge in [-0.3, -0.25) is 34.3 Å². The van der Waals surface area contributed by atoms with E-state index in [0.717, 1.165) is 43.3 Å². The van der Waals surface area contributed by atoms with Crippen molar-refractivity contribution >= 4 is 29.3 Å². The van der Waals surface area contributed by atoms with Crippen molar-refractivity contribution in [2.75, 3.05) is 44.2 Å². The number of nitrogens with zero attached hydrogens (tertiary/aromatic N) is 3. The predicted octanol–water partition coefficient (Wildman–Crippen LogP) is 1.22. The molecule has 0 saturated carbocycles. The number of rotatable bonds is 4. The molecule has 0 spiro atoms. The van der Waals surface area contributed by atoms with Crippen LogP contribution in [0, 0.1) is 0 Å². The monoisotopic (exact) mass is 445 g/mol. The van der Waals surface area contributed by atoms with E-state index in [4.69, 9.17) is 5.73 Å². The smallest absolute Gasteiger partial charge is 0.264 e. The number of imide groups is 2. The molecule has 4 amide bonds. The highest BCUT2D eigenvalue weighted by Gasteiger charge is 2.46. The zero-order chi connectivity index (χ0) is 23.8. The molecule has 9 nitrogen and oxygen atoms in total. The van der Waals surface area contributed by atoms with Gasteiger partial charge in [0.25, 0.3) is 11.8 Å². The van der Waals surface area contributed by atoms with Gasteiger partial charge in [-0.05, 0) is 18.6 Å². The molecule has 3 aliphatic rings. The Hall–Kier alpha value is -2.78. The molecule has 2 fully saturated rings. The van der Waals surface area contributed by atoms with Crippen LogP contribution in [0.2, 0.25) is 0 Å². The number of benzene rings is 1. The Labute approximate surface area is 189 Å². The number of fused-ring (bicyclic) bond motifs is 1. The zero-order valence-electron chi connectivity index (χ0n) is 19.5. The maximum absolute atomic E-state index is 13.2. The van der Waals surface area contributed by atoms with Crippen molar-refractivity contribution in [2.45, 2.75) is 46.6 Å². The van der Waals surface area contributed by atoms with E-state index in [1.165, 1.54) is 0 Å². The van der Waals surface area contributed by atoms with Gasteiger partial charge in [-0.15, -0.1) is 0 Å². The molecule has 1 aromatic rings. The molecule has 4 rings (SSSR count). The summed E-state index contributed by atoms with van der Waals surface area (Å²) in [6, 6.07) is 4.28. The molecule has 3 N–H and O–H groups in total. The average Bonchev–Trinajstić information content (AvgIpc) is 3.08. The van der Waals surface area contributed by atoms with Crippen molar-refractivity contribution in [2.24, 2.45) is 5.73 Å². The lowest BCUT2D eigenvalue weighted by Gasteiger charge is -2.36. The Morgan fingerprint density at radius 1 is 0.969 bits per heavy atom. The number of hydrogen-bond donors (Lipinski definition) is 2. The molecule has 176 valence electrons. The minimum Gasteiger partial charge on any atom is -0.368 e. The lowest BCUT2D eigenvalue weighted by Crippen LogP contribution is -2.54. The number of nitrogens with one attached hydrogen (secondary N) is 1. The van der Waals surface area contributed by atoms with Crippen LogP contribution < -0.4 is 16.0 Å². The average molecular weight is 446 g/mol. The predicted molar refractivity (Wildman–Crippen MR) is 124 cm³/mol. The summed E-state index contributed by atoms with van der Waals surface area (Å²) < 4.78 is 0. The Kier molecular flexibility index (Phi) is 9.34. The van der Waals surface area contributed by atoms with Crippen molar-refractivity contribution in [1.29, 1.82) is 0 Å². The van der Waals surface area contributed by atoms with Gasteiger partial charge in [0.2, 0.25) is 11.8 Å². The highest BCUT2D eigenvalue weighted by molar-refractivity contribution is 6.25. The molecule has 0 radical (unpaired) electrons. The summed E-state index contributed by atoms with van der Waals surface area (Å²) in [5, 5.41) is 2.22. The van der Waals surface area contributed by atoms with Crippen LogP contribution >= 0.6 is 0 Å². The SMILES string of the molecule is CC.CC.NCCN1CCN(c2cccc3c2C(=O)N(C2CCC(=O)NC2=O)C3=O)CC1. The van der Waals surface area contributed by atoms with E-state index in [1.54, 1.807) is 12.1 Å². The summed E-state index contributed by atoms with van der Waals surface area (Å²) in [4.78, 5) is 55.1. The number of nitrogens with two attached hydrogens (primary N) is 1. The van der Waals surface area contributed by atoms with Crippen LogP contribution in [0.15, 0.2) is 18.2 Å². The number of amides is 4. The molecule has 1 aromatic carbocycles. The molecule has 32 heavy (non-hydrogen) atoms.